The monoisotopic (exact) mass is 405 g/mol. The highest BCUT2D eigenvalue weighted by molar-refractivity contribution is 5.63. The third-order valence-electron chi connectivity index (χ3n) is 6.88. The molecule has 0 aliphatic heterocycles. The second-order valence-electron chi connectivity index (χ2n) is 8.84. The number of allylic oxidation sites excluding steroid dienone is 2. The van der Waals surface area contributed by atoms with Crippen LogP contribution in [0.2, 0.25) is 0 Å². The van der Waals surface area contributed by atoms with Crippen molar-refractivity contribution >= 4 is 12.2 Å². The second-order valence-corrected chi connectivity index (χ2v) is 8.84. The van der Waals surface area contributed by atoms with Crippen molar-refractivity contribution in [2.45, 2.75) is 31.1 Å². The van der Waals surface area contributed by atoms with Crippen molar-refractivity contribution < 1.29 is 0 Å². The van der Waals surface area contributed by atoms with E-state index >= 15 is 0 Å². The van der Waals surface area contributed by atoms with Gasteiger partial charge in [0.15, 0.2) is 0 Å². The van der Waals surface area contributed by atoms with Crippen molar-refractivity contribution in [2.75, 3.05) is 19.6 Å². The van der Waals surface area contributed by atoms with Crippen molar-refractivity contribution in [3.05, 3.63) is 119 Å². The maximum absolute atomic E-state index is 2.69. The van der Waals surface area contributed by atoms with Crippen LogP contribution < -0.4 is 0 Å². The molecule has 31 heavy (non-hydrogen) atoms. The molecule has 0 saturated heterocycles. The van der Waals surface area contributed by atoms with E-state index in [4.69, 9.17) is 0 Å². The van der Waals surface area contributed by atoms with Crippen LogP contribution in [-0.4, -0.2) is 24.5 Å². The zero-order valence-corrected chi connectivity index (χ0v) is 18.2. The van der Waals surface area contributed by atoms with Crippen LogP contribution in [0.1, 0.15) is 52.5 Å². The fraction of sp³-hybridized carbons (Fsp3) is 0.267. The van der Waals surface area contributed by atoms with E-state index in [-0.39, 0.29) is 0 Å². The summed E-state index contributed by atoms with van der Waals surface area (Å²) in [6.07, 6.45) is 12.9. The number of benzene rings is 3. The molecule has 0 amide bonds. The topological polar surface area (TPSA) is 3.24 Å². The minimum atomic E-state index is 0.558. The van der Waals surface area contributed by atoms with Gasteiger partial charge in [-0.05, 0) is 60.2 Å². The molecule has 0 fully saturated rings. The van der Waals surface area contributed by atoms with Crippen molar-refractivity contribution in [1.29, 1.82) is 0 Å². The molecule has 2 unspecified atom stereocenters. The molecule has 0 aromatic heterocycles. The van der Waals surface area contributed by atoms with E-state index in [1.54, 1.807) is 0 Å². The largest absolute Gasteiger partial charge is 0.303 e. The Bertz CT molecular complexity index is 997. The van der Waals surface area contributed by atoms with E-state index in [0.717, 1.165) is 26.1 Å². The van der Waals surface area contributed by atoms with Crippen LogP contribution >= 0.6 is 0 Å². The summed E-state index contributed by atoms with van der Waals surface area (Å²) in [5.74, 6) is 1.12. The molecule has 156 valence electrons. The average molecular weight is 406 g/mol. The molecule has 3 aromatic rings. The van der Waals surface area contributed by atoms with Gasteiger partial charge in [-0.15, -0.1) is 0 Å². The first-order chi connectivity index (χ1) is 15.4. The van der Waals surface area contributed by atoms with Crippen LogP contribution in [0.4, 0.5) is 0 Å². The van der Waals surface area contributed by atoms with E-state index in [2.05, 4.69) is 108 Å². The van der Waals surface area contributed by atoms with Gasteiger partial charge < -0.3 is 4.90 Å². The lowest BCUT2D eigenvalue weighted by Crippen LogP contribution is -2.30. The smallest absolute Gasteiger partial charge is 0.00393 e. The molecule has 5 rings (SSSR count). The Morgan fingerprint density at radius 2 is 1.06 bits per heavy atom. The predicted octanol–water partition coefficient (Wildman–Crippen LogP) is 6.93. The summed E-state index contributed by atoms with van der Waals surface area (Å²) < 4.78 is 0. The Morgan fingerprint density at radius 1 is 0.548 bits per heavy atom. The summed E-state index contributed by atoms with van der Waals surface area (Å²) in [5.41, 5.74) is 7.23. The molecule has 3 aromatic carbocycles. The molecule has 1 nitrogen and oxygen atoms in total. The number of hydrogen-bond acceptors (Lipinski definition) is 1. The van der Waals surface area contributed by atoms with E-state index in [9.17, 15) is 0 Å². The van der Waals surface area contributed by atoms with Crippen LogP contribution in [0.5, 0.6) is 0 Å². The lowest BCUT2D eigenvalue weighted by atomic mass is 9.96. The number of hydrogen-bond donors (Lipinski definition) is 0. The molecule has 2 aliphatic rings. The Labute approximate surface area is 186 Å². The maximum atomic E-state index is 2.69. The first kappa shape index (κ1) is 20.0. The van der Waals surface area contributed by atoms with Gasteiger partial charge in [-0.3, -0.25) is 0 Å². The van der Waals surface area contributed by atoms with E-state index in [1.807, 2.05) is 0 Å². The quantitative estimate of drug-likeness (QED) is 0.373. The summed E-state index contributed by atoms with van der Waals surface area (Å²) in [5, 5.41) is 0. The summed E-state index contributed by atoms with van der Waals surface area (Å²) >= 11 is 0. The van der Waals surface area contributed by atoms with Gasteiger partial charge in [0.2, 0.25) is 0 Å². The lowest BCUT2D eigenvalue weighted by Gasteiger charge is -2.25. The van der Waals surface area contributed by atoms with Gasteiger partial charge in [-0.1, -0.05) is 103 Å². The Kier molecular flexibility index (Phi) is 6.13. The van der Waals surface area contributed by atoms with E-state index in [0.29, 0.717) is 11.8 Å². The fourth-order valence-electron chi connectivity index (χ4n) is 5.06. The molecule has 2 aliphatic carbocycles. The number of rotatable bonds is 9. The zero-order valence-electron chi connectivity index (χ0n) is 18.2. The summed E-state index contributed by atoms with van der Waals surface area (Å²) in [7, 11) is 0. The van der Waals surface area contributed by atoms with E-state index in [1.165, 1.54) is 40.7 Å². The predicted molar refractivity (Wildman–Crippen MR) is 132 cm³/mol. The average Bonchev–Trinajstić information content (AvgIpc) is 3.43. The number of fused-ring (bicyclic) bond motifs is 2. The molecule has 0 N–H and O–H groups in total. The minimum Gasteiger partial charge on any atom is -0.303 e. The van der Waals surface area contributed by atoms with Gasteiger partial charge >= 0.3 is 0 Å². The SMILES string of the molecule is C1=CC(CCN(CCc2ccccc2)CCC2C=Cc3ccccc32)c2ccccc21. The van der Waals surface area contributed by atoms with Crippen LogP contribution in [0.25, 0.3) is 12.2 Å². The molecule has 2 atom stereocenters. The van der Waals surface area contributed by atoms with Crippen molar-refractivity contribution in [3.63, 3.8) is 0 Å². The molecule has 0 spiro atoms. The van der Waals surface area contributed by atoms with Crippen LogP contribution in [-0.2, 0) is 6.42 Å². The summed E-state index contributed by atoms with van der Waals surface area (Å²) in [6, 6.07) is 28.6. The summed E-state index contributed by atoms with van der Waals surface area (Å²) in [6.45, 7) is 3.42. The highest BCUT2D eigenvalue weighted by Crippen LogP contribution is 2.34. The first-order valence-electron chi connectivity index (χ1n) is 11.7. The lowest BCUT2D eigenvalue weighted by molar-refractivity contribution is 0.264. The molecule has 0 heterocycles. The van der Waals surface area contributed by atoms with Crippen LogP contribution in [0.3, 0.4) is 0 Å². The van der Waals surface area contributed by atoms with E-state index < -0.39 is 0 Å². The third-order valence-corrected chi connectivity index (χ3v) is 6.88. The van der Waals surface area contributed by atoms with Crippen LogP contribution in [0.15, 0.2) is 91.0 Å². The Morgan fingerprint density at radius 3 is 1.65 bits per heavy atom. The normalized spacial score (nSPS) is 18.5. The van der Waals surface area contributed by atoms with Gasteiger partial charge in [0.05, 0.1) is 0 Å². The minimum absolute atomic E-state index is 0.558. The first-order valence-corrected chi connectivity index (χ1v) is 11.7. The Hall–Kier alpha value is -2.90. The summed E-state index contributed by atoms with van der Waals surface area (Å²) in [4.78, 5) is 2.69. The zero-order chi connectivity index (χ0) is 20.9. The molecule has 0 radical (unpaired) electrons. The van der Waals surface area contributed by atoms with Crippen LogP contribution in [0, 0.1) is 0 Å². The highest BCUT2D eigenvalue weighted by atomic mass is 15.1. The highest BCUT2D eigenvalue weighted by Gasteiger charge is 2.20. The molecular weight excluding hydrogens is 374 g/mol. The van der Waals surface area contributed by atoms with Crippen molar-refractivity contribution in [1.82, 2.24) is 4.90 Å². The van der Waals surface area contributed by atoms with Gasteiger partial charge in [-0.2, -0.15) is 0 Å². The molecule has 0 bridgehead atoms. The fourth-order valence-corrected chi connectivity index (χ4v) is 5.06. The van der Waals surface area contributed by atoms with Gasteiger partial charge in [0.1, 0.15) is 0 Å². The third kappa shape index (κ3) is 4.73. The number of nitrogens with zero attached hydrogens (tertiary/aromatic N) is 1. The Balaban J connectivity index is 1.22. The molecular formula is C30H31N. The second kappa shape index (κ2) is 9.49. The maximum Gasteiger partial charge on any atom is 0.00393 e. The molecule has 0 saturated carbocycles. The van der Waals surface area contributed by atoms with Gasteiger partial charge in [0, 0.05) is 18.4 Å². The van der Waals surface area contributed by atoms with Gasteiger partial charge in [0.25, 0.3) is 0 Å². The van der Waals surface area contributed by atoms with Crippen molar-refractivity contribution in [3.8, 4) is 0 Å². The van der Waals surface area contributed by atoms with Gasteiger partial charge in [-0.25, -0.2) is 0 Å². The molecule has 1 heteroatoms. The van der Waals surface area contributed by atoms with Crippen molar-refractivity contribution in [2.24, 2.45) is 0 Å². The standard InChI is InChI=1S/C30H31N/c1-2-8-24(9-3-1)18-21-31(22-19-27-16-14-25-10-4-6-12-29(25)27)23-20-28-17-15-26-11-5-7-13-30(26)28/h1-17,27-28H,18-23H2.